The Labute approximate surface area is 84.5 Å². The Kier molecular flexibility index (Phi) is 3.89. The van der Waals surface area contributed by atoms with Crippen LogP contribution in [0.4, 0.5) is 0 Å². The van der Waals surface area contributed by atoms with Crippen molar-refractivity contribution in [3.8, 4) is 0 Å². The van der Waals surface area contributed by atoms with Gasteiger partial charge in [0.05, 0.1) is 12.0 Å². The van der Waals surface area contributed by atoms with Crippen LogP contribution in [0.1, 0.15) is 20.8 Å². The molecule has 4 heteroatoms. The second kappa shape index (κ2) is 4.75. The number of ether oxygens (including phenoxy) is 3. The molecule has 0 aliphatic carbocycles. The summed E-state index contributed by atoms with van der Waals surface area (Å²) in [6, 6.07) is 0. The van der Waals surface area contributed by atoms with Gasteiger partial charge in [0.1, 0.15) is 12.9 Å². The lowest BCUT2D eigenvalue weighted by Gasteiger charge is -2.22. The summed E-state index contributed by atoms with van der Waals surface area (Å²) in [6.45, 7) is 6.02. The molecule has 0 bridgehead atoms. The highest BCUT2D eigenvalue weighted by Gasteiger charge is 2.41. The van der Waals surface area contributed by atoms with Gasteiger partial charge < -0.3 is 14.2 Å². The van der Waals surface area contributed by atoms with Crippen molar-refractivity contribution < 1.29 is 19.0 Å². The van der Waals surface area contributed by atoms with E-state index in [-0.39, 0.29) is 36.8 Å². The van der Waals surface area contributed by atoms with Crippen LogP contribution in [-0.4, -0.2) is 32.1 Å². The lowest BCUT2D eigenvalue weighted by molar-refractivity contribution is -0.154. The van der Waals surface area contributed by atoms with E-state index in [1.54, 1.807) is 7.11 Å². The molecular formula is C10H18O4. The Morgan fingerprint density at radius 2 is 2.14 bits per heavy atom. The van der Waals surface area contributed by atoms with E-state index in [4.69, 9.17) is 14.2 Å². The van der Waals surface area contributed by atoms with Gasteiger partial charge in [0.2, 0.25) is 0 Å². The first-order valence-corrected chi connectivity index (χ1v) is 4.89. The van der Waals surface area contributed by atoms with Crippen LogP contribution in [0.15, 0.2) is 0 Å². The molecule has 82 valence electrons. The van der Waals surface area contributed by atoms with Crippen molar-refractivity contribution in [3.63, 3.8) is 0 Å². The largest absolute Gasteiger partial charge is 0.459 e. The monoisotopic (exact) mass is 202 g/mol. The zero-order valence-electron chi connectivity index (χ0n) is 9.15. The predicted octanol–water partition coefficient (Wildman–Crippen LogP) is 1.19. The van der Waals surface area contributed by atoms with E-state index < -0.39 is 0 Å². The zero-order valence-corrected chi connectivity index (χ0v) is 9.15. The van der Waals surface area contributed by atoms with Crippen molar-refractivity contribution in [1.82, 2.24) is 0 Å². The fourth-order valence-corrected chi connectivity index (χ4v) is 1.64. The molecule has 4 nitrogen and oxygen atoms in total. The molecule has 4 atom stereocenters. The summed E-state index contributed by atoms with van der Waals surface area (Å²) in [5.41, 5.74) is 0. The molecule has 0 unspecified atom stereocenters. The zero-order chi connectivity index (χ0) is 10.7. The standard InChI is InChI=1S/C10H18O4/c1-6-7(2)10(11)14-9(6)8(3)13-5-12-4/h6-9H,5H2,1-4H3/t6-,7+,8+,9-/m1/s1. The maximum absolute atomic E-state index is 11.3. The molecule has 14 heavy (non-hydrogen) atoms. The van der Waals surface area contributed by atoms with Crippen LogP contribution in [0.25, 0.3) is 0 Å². The van der Waals surface area contributed by atoms with E-state index in [2.05, 4.69) is 0 Å². The average molecular weight is 202 g/mol. The summed E-state index contributed by atoms with van der Waals surface area (Å²) in [6.07, 6.45) is -0.258. The van der Waals surface area contributed by atoms with Gasteiger partial charge in [-0.25, -0.2) is 0 Å². The quantitative estimate of drug-likeness (QED) is 0.507. The molecule has 0 amide bonds. The molecule has 1 aliphatic heterocycles. The number of hydrogen-bond donors (Lipinski definition) is 0. The van der Waals surface area contributed by atoms with Crippen molar-refractivity contribution in [1.29, 1.82) is 0 Å². The SMILES string of the molecule is COCO[C@@H](C)[C@@H]1OC(=O)[C@@H](C)[C@H]1C. The van der Waals surface area contributed by atoms with Crippen LogP contribution in [0.2, 0.25) is 0 Å². The van der Waals surface area contributed by atoms with E-state index in [9.17, 15) is 4.79 Å². The van der Waals surface area contributed by atoms with Crippen molar-refractivity contribution >= 4 is 5.97 Å². The smallest absolute Gasteiger partial charge is 0.309 e. The maximum Gasteiger partial charge on any atom is 0.309 e. The number of carbonyl (C=O) groups is 1. The average Bonchev–Trinajstić information content (AvgIpc) is 2.42. The van der Waals surface area contributed by atoms with Gasteiger partial charge in [-0.2, -0.15) is 0 Å². The lowest BCUT2D eigenvalue weighted by atomic mass is 9.92. The number of cyclic esters (lactones) is 1. The third-order valence-corrected chi connectivity index (χ3v) is 2.84. The first-order chi connectivity index (χ1) is 6.57. The van der Waals surface area contributed by atoms with Crippen molar-refractivity contribution in [2.45, 2.75) is 33.0 Å². The second-order valence-electron chi connectivity index (χ2n) is 3.83. The maximum atomic E-state index is 11.3. The number of rotatable bonds is 4. The van der Waals surface area contributed by atoms with Crippen LogP contribution in [-0.2, 0) is 19.0 Å². The van der Waals surface area contributed by atoms with E-state index >= 15 is 0 Å². The fourth-order valence-electron chi connectivity index (χ4n) is 1.64. The summed E-state index contributed by atoms with van der Waals surface area (Å²) >= 11 is 0. The Morgan fingerprint density at radius 1 is 1.50 bits per heavy atom. The van der Waals surface area contributed by atoms with Crippen LogP contribution in [0.5, 0.6) is 0 Å². The van der Waals surface area contributed by atoms with Gasteiger partial charge in [-0.15, -0.1) is 0 Å². The molecule has 0 aromatic rings. The number of esters is 1. The Balaban J connectivity index is 2.48. The minimum atomic E-state index is -0.146. The number of methoxy groups -OCH3 is 1. The summed E-state index contributed by atoms with van der Waals surface area (Å²) in [4.78, 5) is 11.3. The molecule has 0 radical (unpaired) electrons. The van der Waals surface area contributed by atoms with Gasteiger partial charge in [-0.05, 0) is 6.92 Å². The minimum absolute atomic E-state index is 0.0337. The van der Waals surface area contributed by atoms with Crippen molar-refractivity contribution in [3.05, 3.63) is 0 Å². The van der Waals surface area contributed by atoms with E-state index in [1.807, 2.05) is 20.8 Å². The molecule has 1 fully saturated rings. The van der Waals surface area contributed by atoms with E-state index in [1.165, 1.54) is 0 Å². The molecule has 0 aromatic heterocycles. The second-order valence-corrected chi connectivity index (χ2v) is 3.83. The van der Waals surface area contributed by atoms with E-state index in [0.717, 1.165) is 0 Å². The Bertz CT molecular complexity index is 204. The van der Waals surface area contributed by atoms with E-state index in [0.29, 0.717) is 0 Å². The highest BCUT2D eigenvalue weighted by atomic mass is 16.7. The van der Waals surface area contributed by atoms with Gasteiger partial charge in [0.25, 0.3) is 0 Å². The third kappa shape index (κ3) is 2.25. The molecular weight excluding hydrogens is 184 g/mol. The molecule has 1 saturated heterocycles. The molecule has 0 N–H and O–H groups in total. The van der Waals surface area contributed by atoms with Gasteiger partial charge in [0.15, 0.2) is 0 Å². The number of hydrogen-bond acceptors (Lipinski definition) is 4. The molecule has 0 saturated carbocycles. The molecule has 0 aromatic carbocycles. The minimum Gasteiger partial charge on any atom is -0.459 e. The van der Waals surface area contributed by atoms with Crippen molar-refractivity contribution in [2.24, 2.45) is 11.8 Å². The van der Waals surface area contributed by atoms with Gasteiger partial charge in [-0.1, -0.05) is 13.8 Å². The van der Waals surface area contributed by atoms with Crippen LogP contribution in [0.3, 0.4) is 0 Å². The van der Waals surface area contributed by atoms with Crippen LogP contribution >= 0.6 is 0 Å². The predicted molar refractivity (Wildman–Crippen MR) is 50.6 cm³/mol. The molecule has 0 spiro atoms. The highest BCUT2D eigenvalue weighted by molar-refractivity contribution is 5.74. The topological polar surface area (TPSA) is 44.8 Å². The number of carbonyl (C=O) groups excluding carboxylic acids is 1. The first kappa shape index (κ1) is 11.5. The van der Waals surface area contributed by atoms with Gasteiger partial charge >= 0.3 is 5.97 Å². The third-order valence-electron chi connectivity index (χ3n) is 2.84. The van der Waals surface area contributed by atoms with Crippen LogP contribution in [0, 0.1) is 11.8 Å². The normalized spacial score (nSPS) is 34.3. The summed E-state index contributed by atoms with van der Waals surface area (Å²) < 4.78 is 15.4. The van der Waals surface area contributed by atoms with Gasteiger partial charge in [0, 0.05) is 13.0 Å². The Morgan fingerprint density at radius 3 is 2.57 bits per heavy atom. The first-order valence-electron chi connectivity index (χ1n) is 4.89. The highest BCUT2D eigenvalue weighted by Crippen LogP contribution is 2.30. The fraction of sp³-hybridized carbons (Fsp3) is 0.900. The summed E-state index contributed by atoms with van der Waals surface area (Å²) in [5, 5.41) is 0. The molecule has 1 rings (SSSR count). The molecule has 1 aliphatic rings. The van der Waals surface area contributed by atoms with Crippen LogP contribution < -0.4 is 0 Å². The van der Waals surface area contributed by atoms with Crippen molar-refractivity contribution in [2.75, 3.05) is 13.9 Å². The molecule has 1 heterocycles. The lowest BCUT2D eigenvalue weighted by Crippen LogP contribution is -2.31. The Hall–Kier alpha value is -0.610. The summed E-state index contributed by atoms with van der Waals surface area (Å²) in [7, 11) is 1.57. The van der Waals surface area contributed by atoms with Gasteiger partial charge in [-0.3, -0.25) is 4.79 Å². The summed E-state index contributed by atoms with van der Waals surface area (Å²) in [5.74, 6) is 0.0401.